The average molecular weight is 406 g/mol. The van der Waals surface area contributed by atoms with E-state index in [1.165, 1.54) is 17.0 Å². The van der Waals surface area contributed by atoms with Crippen LogP contribution in [-0.2, 0) is 16.6 Å². The van der Waals surface area contributed by atoms with Gasteiger partial charge in [-0.25, -0.2) is 15.0 Å². The Kier molecular flexibility index (Phi) is 5.53. The van der Waals surface area contributed by atoms with Crippen molar-refractivity contribution in [2.24, 2.45) is 7.05 Å². The third-order valence-corrected chi connectivity index (χ3v) is 4.92. The molecule has 3 aromatic rings. The van der Waals surface area contributed by atoms with Gasteiger partial charge in [0.2, 0.25) is 5.95 Å². The molecule has 1 aliphatic heterocycles. The Balaban J connectivity index is 1.55. The van der Waals surface area contributed by atoms with Gasteiger partial charge in [0.1, 0.15) is 6.33 Å². The Bertz CT molecular complexity index is 1100. The third-order valence-electron chi connectivity index (χ3n) is 4.92. The normalized spacial score (nSPS) is 16.3. The second-order valence-corrected chi connectivity index (χ2v) is 7.09. The first kappa shape index (κ1) is 19.7. The molecule has 1 atom stereocenters. The fraction of sp³-hybridized carbons (Fsp3) is 0.286. The number of aromatic nitrogens is 4. The Hall–Kier alpha value is -3.59. The molecule has 1 fully saturated rings. The monoisotopic (exact) mass is 406 g/mol. The predicted molar refractivity (Wildman–Crippen MR) is 112 cm³/mol. The molecular weight excluding hydrogens is 384 g/mol. The number of morpholine rings is 1. The minimum atomic E-state index is -0.681. The van der Waals surface area contributed by atoms with Crippen molar-refractivity contribution in [3.8, 4) is 11.4 Å². The number of carbonyl (C=O) groups is 1. The summed E-state index contributed by atoms with van der Waals surface area (Å²) in [6.07, 6.45) is 2.33. The SMILES string of the molecule is Cc1ccc(NC(=O)C2CN(c3nc(-c4ccncn4)cc(=O)n3C)CCO2)cc1. The number of ether oxygens (including phenoxy) is 1. The summed E-state index contributed by atoms with van der Waals surface area (Å²) in [7, 11) is 1.66. The van der Waals surface area contributed by atoms with E-state index in [1.807, 2.05) is 36.1 Å². The molecule has 30 heavy (non-hydrogen) atoms. The Morgan fingerprint density at radius 3 is 2.73 bits per heavy atom. The maximum Gasteiger partial charge on any atom is 0.255 e. The number of nitrogens with one attached hydrogen (secondary N) is 1. The molecule has 3 heterocycles. The lowest BCUT2D eigenvalue weighted by molar-refractivity contribution is -0.128. The molecule has 0 radical (unpaired) electrons. The van der Waals surface area contributed by atoms with E-state index in [9.17, 15) is 9.59 Å². The number of nitrogens with zero attached hydrogens (tertiary/aromatic N) is 5. The van der Waals surface area contributed by atoms with Gasteiger partial charge in [0.05, 0.1) is 24.5 Å². The minimum absolute atomic E-state index is 0.208. The first-order valence-electron chi connectivity index (χ1n) is 9.60. The highest BCUT2D eigenvalue weighted by Crippen LogP contribution is 2.19. The number of hydrogen-bond donors (Lipinski definition) is 1. The maximum atomic E-state index is 12.7. The Morgan fingerprint density at radius 2 is 2.00 bits per heavy atom. The first-order chi connectivity index (χ1) is 14.5. The number of amides is 1. The molecule has 154 valence electrons. The quantitative estimate of drug-likeness (QED) is 0.698. The van der Waals surface area contributed by atoms with E-state index < -0.39 is 6.10 Å². The van der Waals surface area contributed by atoms with Gasteiger partial charge in [-0.2, -0.15) is 0 Å². The van der Waals surface area contributed by atoms with Gasteiger partial charge in [0.15, 0.2) is 6.10 Å². The summed E-state index contributed by atoms with van der Waals surface area (Å²) in [4.78, 5) is 39.8. The molecule has 1 N–H and O–H groups in total. The van der Waals surface area contributed by atoms with E-state index in [-0.39, 0.29) is 18.0 Å². The lowest BCUT2D eigenvalue weighted by Gasteiger charge is -2.33. The lowest BCUT2D eigenvalue weighted by Crippen LogP contribution is -2.49. The molecule has 9 heteroatoms. The summed E-state index contributed by atoms with van der Waals surface area (Å²) in [6.45, 7) is 3.13. The van der Waals surface area contributed by atoms with Crippen molar-refractivity contribution in [2.75, 3.05) is 29.9 Å². The number of carbonyl (C=O) groups excluding carboxylic acids is 1. The standard InChI is InChI=1S/C21H22N6O3/c1-14-3-5-15(6-4-14)24-20(29)18-12-27(9-10-30-18)21-25-17(11-19(28)26(21)2)16-7-8-22-13-23-16/h3-8,11,13,18H,9-10,12H2,1-2H3,(H,24,29). The summed E-state index contributed by atoms with van der Waals surface area (Å²) >= 11 is 0. The van der Waals surface area contributed by atoms with Crippen molar-refractivity contribution < 1.29 is 9.53 Å². The van der Waals surface area contributed by atoms with Crippen LogP contribution < -0.4 is 15.8 Å². The van der Waals surface area contributed by atoms with Crippen LogP contribution in [0.25, 0.3) is 11.4 Å². The zero-order valence-corrected chi connectivity index (χ0v) is 16.8. The summed E-state index contributed by atoms with van der Waals surface area (Å²) < 4.78 is 7.15. The van der Waals surface area contributed by atoms with E-state index in [0.717, 1.165) is 5.56 Å². The highest BCUT2D eigenvalue weighted by atomic mass is 16.5. The van der Waals surface area contributed by atoms with Gasteiger partial charge in [0, 0.05) is 31.5 Å². The summed E-state index contributed by atoms with van der Waals surface area (Å²) in [6, 6.07) is 10.7. The van der Waals surface area contributed by atoms with Crippen LogP contribution in [-0.4, -0.2) is 51.2 Å². The summed E-state index contributed by atoms with van der Waals surface area (Å²) in [5.74, 6) is 0.230. The van der Waals surface area contributed by atoms with E-state index in [0.29, 0.717) is 36.2 Å². The van der Waals surface area contributed by atoms with E-state index >= 15 is 0 Å². The highest BCUT2D eigenvalue weighted by molar-refractivity contribution is 5.94. The van der Waals surface area contributed by atoms with Crippen LogP contribution in [0.4, 0.5) is 11.6 Å². The minimum Gasteiger partial charge on any atom is -0.365 e. The molecule has 2 aromatic heterocycles. The molecule has 0 spiro atoms. The van der Waals surface area contributed by atoms with Crippen molar-refractivity contribution in [1.82, 2.24) is 19.5 Å². The van der Waals surface area contributed by atoms with Gasteiger partial charge < -0.3 is 15.0 Å². The van der Waals surface area contributed by atoms with Gasteiger partial charge in [-0.05, 0) is 25.1 Å². The third kappa shape index (κ3) is 4.20. The second-order valence-electron chi connectivity index (χ2n) is 7.09. The molecule has 1 unspecified atom stereocenters. The van der Waals surface area contributed by atoms with Gasteiger partial charge >= 0.3 is 0 Å². The number of benzene rings is 1. The van der Waals surface area contributed by atoms with E-state index in [4.69, 9.17) is 4.74 Å². The molecule has 0 aliphatic carbocycles. The second kappa shape index (κ2) is 8.42. The number of aryl methyl sites for hydroxylation is 1. The molecular formula is C21H22N6O3. The van der Waals surface area contributed by atoms with Gasteiger partial charge in [0.25, 0.3) is 11.5 Å². The van der Waals surface area contributed by atoms with Gasteiger partial charge in [-0.1, -0.05) is 17.7 Å². The van der Waals surface area contributed by atoms with E-state index in [1.54, 1.807) is 19.3 Å². The summed E-state index contributed by atoms with van der Waals surface area (Å²) in [5, 5.41) is 2.88. The lowest BCUT2D eigenvalue weighted by atomic mass is 10.2. The smallest absolute Gasteiger partial charge is 0.255 e. The van der Waals surface area contributed by atoms with Crippen LogP contribution in [0.5, 0.6) is 0 Å². The molecule has 0 bridgehead atoms. The average Bonchev–Trinajstić information content (AvgIpc) is 2.78. The number of rotatable bonds is 4. The fourth-order valence-corrected chi connectivity index (χ4v) is 3.23. The van der Waals surface area contributed by atoms with Crippen molar-refractivity contribution >= 4 is 17.5 Å². The Morgan fingerprint density at radius 1 is 1.20 bits per heavy atom. The van der Waals surface area contributed by atoms with E-state index in [2.05, 4.69) is 20.3 Å². The largest absolute Gasteiger partial charge is 0.365 e. The number of hydrogen-bond acceptors (Lipinski definition) is 7. The van der Waals surface area contributed by atoms with Crippen molar-refractivity contribution in [3.05, 3.63) is 64.8 Å². The van der Waals surface area contributed by atoms with Crippen LogP contribution >= 0.6 is 0 Å². The summed E-state index contributed by atoms with van der Waals surface area (Å²) in [5.41, 5.74) is 2.64. The molecule has 1 saturated heterocycles. The van der Waals surface area contributed by atoms with Crippen LogP contribution in [0.15, 0.2) is 53.7 Å². The fourth-order valence-electron chi connectivity index (χ4n) is 3.23. The van der Waals surface area contributed by atoms with Gasteiger partial charge in [-0.3, -0.25) is 14.2 Å². The first-order valence-corrected chi connectivity index (χ1v) is 9.60. The van der Waals surface area contributed by atoms with Crippen LogP contribution in [0.1, 0.15) is 5.56 Å². The Labute approximate surface area is 173 Å². The molecule has 0 saturated carbocycles. The molecule has 4 rings (SSSR count). The predicted octanol–water partition coefficient (Wildman–Crippen LogP) is 1.39. The van der Waals surface area contributed by atoms with Crippen LogP contribution in [0, 0.1) is 6.92 Å². The molecule has 1 amide bonds. The zero-order valence-electron chi connectivity index (χ0n) is 16.8. The molecule has 1 aromatic carbocycles. The highest BCUT2D eigenvalue weighted by Gasteiger charge is 2.29. The van der Waals surface area contributed by atoms with Crippen LogP contribution in [0.3, 0.4) is 0 Å². The van der Waals surface area contributed by atoms with Crippen molar-refractivity contribution in [1.29, 1.82) is 0 Å². The molecule has 9 nitrogen and oxygen atoms in total. The zero-order chi connectivity index (χ0) is 21.1. The maximum absolute atomic E-state index is 12.7. The van der Waals surface area contributed by atoms with Gasteiger partial charge in [-0.15, -0.1) is 0 Å². The van der Waals surface area contributed by atoms with Crippen molar-refractivity contribution in [2.45, 2.75) is 13.0 Å². The van der Waals surface area contributed by atoms with Crippen LogP contribution in [0.2, 0.25) is 0 Å². The molecule has 1 aliphatic rings. The topological polar surface area (TPSA) is 102 Å². The number of anilines is 2. The van der Waals surface area contributed by atoms with Crippen molar-refractivity contribution in [3.63, 3.8) is 0 Å².